The highest BCUT2D eigenvalue weighted by atomic mass is 16.8. The first kappa shape index (κ1) is 23.2. The van der Waals surface area contributed by atoms with Gasteiger partial charge < -0.3 is 18.9 Å². The Morgan fingerprint density at radius 1 is 1.00 bits per heavy atom. The van der Waals surface area contributed by atoms with Gasteiger partial charge in [-0.1, -0.05) is 43.4 Å². The van der Waals surface area contributed by atoms with E-state index in [1.807, 2.05) is 0 Å². The maximum Gasteiger partial charge on any atom is 0.338 e. The van der Waals surface area contributed by atoms with Gasteiger partial charge in [0.2, 0.25) is 5.79 Å². The molecule has 1 aliphatic rings. The number of carbonyl (C=O) groups excluding carboxylic acids is 1. The lowest BCUT2D eigenvalue weighted by atomic mass is 10.0. The van der Waals surface area contributed by atoms with Crippen molar-refractivity contribution in [3.05, 3.63) is 12.2 Å². The molecule has 0 saturated carbocycles. The molecule has 1 aliphatic heterocycles. The summed E-state index contributed by atoms with van der Waals surface area (Å²) in [6, 6.07) is 0. The minimum Gasteiger partial charge on any atom is -0.425 e. The van der Waals surface area contributed by atoms with Gasteiger partial charge in [0.05, 0.1) is 0 Å². The Morgan fingerprint density at radius 3 is 2.22 bits per heavy atom. The molecule has 0 aromatic rings. The van der Waals surface area contributed by atoms with Crippen LogP contribution in [-0.4, -0.2) is 37.9 Å². The van der Waals surface area contributed by atoms with Crippen molar-refractivity contribution in [3.63, 3.8) is 0 Å². The Balaban J connectivity index is 2.31. The highest BCUT2D eigenvalue weighted by Gasteiger charge is 2.57. The summed E-state index contributed by atoms with van der Waals surface area (Å²) in [6.07, 6.45) is 9.11. The van der Waals surface area contributed by atoms with Crippen LogP contribution in [0.25, 0.3) is 0 Å². The summed E-state index contributed by atoms with van der Waals surface area (Å²) in [5.41, 5.74) is 0. The van der Waals surface area contributed by atoms with E-state index in [1.54, 1.807) is 26.0 Å². The van der Waals surface area contributed by atoms with Crippen molar-refractivity contribution in [2.24, 2.45) is 0 Å². The highest BCUT2D eigenvalue weighted by molar-refractivity contribution is 5.75. The quantitative estimate of drug-likeness (QED) is 0.364. The Labute approximate surface area is 163 Å². The van der Waals surface area contributed by atoms with Crippen molar-refractivity contribution in [2.75, 3.05) is 14.2 Å². The van der Waals surface area contributed by atoms with Crippen LogP contribution in [0.3, 0.4) is 0 Å². The Bertz CT molecular complexity index is 618. The number of allylic oxidation sites excluding steroid dienone is 2. The van der Waals surface area contributed by atoms with Gasteiger partial charge in [-0.3, -0.25) is 0 Å². The van der Waals surface area contributed by atoms with Gasteiger partial charge >= 0.3 is 5.97 Å². The number of esters is 1. The molecule has 0 aliphatic carbocycles. The van der Waals surface area contributed by atoms with E-state index in [9.17, 15) is 4.79 Å². The number of carbonyl (C=O) groups is 1. The number of cyclic esters (lactones) is 1. The third kappa shape index (κ3) is 7.03. The lowest BCUT2D eigenvalue weighted by Crippen LogP contribution is -2.64. The molecule has 0 N–H and O–H groups in total. The summed E-state index contributed by atoms with van der Waals surface area (Å²) in [4.78, 5) is 12.2. The molecule has 0 bridgehead atoms. The average molecular weight is 376 g/mol. The van der Waals surface area contributed by atoms with Crippen LogP contribution in [-0.2, 0) is 23.7 Å². The lowest BCUT2D eigenvalue weighted by Gasteiger charge is -2.47. The van der Waals surface area contributed by atoms with Gasteiger partial charge in [0.15, 0.2) is 6.10 Å². The molecule has 1 heterocycles. The van der Waals surface area contributed by atoms with Gasteiger partial charge in [-0.05, 0) is 38.3 Å². The summed E-state index contributed by atoms with van der Waals surface area (Å²) >= 11 is 0. The second-order valence-electron chi connectivity index (χ2n) is 6.65. The van der Waals surface area contributed by atoms with Crippen molar-refractivity contribution in [2.45, 2.75) is 83.4 Å². The smallest absolute Gasteiger partial charge is 0.338 e. The minimum absolute atomic E-state index is 0.414. The van der Waals surface area contributed by atoms with E-state index in [2.05, 4.69) is 30.6 Å². The molecule has 0 spiro atoms. The van der Waals surface area contributed by atoms with Crippen LogP contribution in [0.2, 0.25) is 0 Å². The van der Waals surface area contributed by atoms with E-state index in [1.165, 1.54) is 14.2 Å². The first-order chi connectivity index (χ1) is 12.9. The monoisotopic (exact) mass is 376 g/mol. The Kier molecular flexibility index (Phi) is 10.2. The van der Waals surface area contributed by atoms with Crippen molar-refractivity contribution < 1.29 is 23.7 Å². The van der Waals surface area contributed by atoms with Crippen LogP contribution < -0.4 is 0 Å². The van der Waals surface area contributed by atoms with Crippen molar-refractivity contribution in [1.29, 1.82) is 0 Å². The summed E-state index contributed by atoms with van der Waals surface area (Å²) in [7, 11) is 2.97. The van der Waals surface area contributed by atoms with Gasteiger partial charge in [0.1, 0.15) is 0 Å². The van der Waals surface area contributed by atoms with Crippen LogP contribution in [0.5, 0.6) is 0 Å². The molecule has 3 atom stereocenters. The molecule has 150 valence electrons. The zero-order chi connectivity index (χ0) is 20.2. The number of unbranched alkanes of at least 4 members (excludes halogenated alkanes) is 4. The molecule has 1 fully saturated rings. The van der Waals surface area contributed by atoms with Crippen LogP contribution in [0.1, 0.15) is 65.7 Å². The van der Waals surface area contributed by atoms with Gasteiger partial charge in [0.25, 0.3) is 5.79 Å². The van der Waals surface area contributed by atoms with E-state index in [4.69, 9.17) is 18.9 Å². The van der Waals surface area contributed by atoms with Crippen LogP contribution in [0.4, 0.5) is 0 Å². The van der Waals surface area contributed by atoms with Crippen LogP contribution in [0, 0.1) is 23.7 Å². The first-order valence-corrected chi connectivity index (χ1v) is 9.55. The van der Waals surface area contributed by atoms with Crippen LogP contribution >= 0.6 is 0 Å². The molecule has 0 aromatic heterocycles. The number of methoxy groups -OCH3 is 2. The topological polar surface area (TPSA) is 54.0 Å². The van der Waals surface area contributed by atoms with Gasteiger partial charge in [-0.25, -0.2) is 4.79 Å². The fourth-order valence-corrected chi connectivity index (χ4v) is 2.60. The molecule has 0 amide bonds. The highest BCUT2D eigenvalue weighted by Crippen LogP contribution is 2.38. The van der Waals surface area contributed by atoms with Gasteiger partial charge in [0, 0.05) is 34.0 Å². The number of hydrogen-bond donors (Lipinski definition) is 0. The fraction of sp³-hybridized carbons (Fsp3) is 0.682. The molecule has 27 heavy (non-hydrogen) atoms. The fourth-order valence-electron chi connectivity index (χ4n) is 2.60. The summed E-state index contributed by atoms with van der Waals surface area (Å²) in [5, 5.41) is 0. The van der Waals surface area contributed by atoms with Gasteiger partial charge in [-0.15, -0.1) is 0 Å². The molecule has 1 saturated heterocycles. The van der Waals surface area contributed by atoms with Crippen molar-refractivity contribution in [1.82, 2.24) is 0 Å². The summed E-state index contributed by atoms with van der Waals surface area (Å²) < 4.78 is 22.0. The van der Waals surface area contributed by atoms with E-state index in [0.717, 1.165) is 38.5 Å². The molecular weight excluding hydrogens is 344 g/mol. The second-order valence-corrected chi connectivity index (χ2v) is 6.65. The average Bonchev–Trinajstić information content (AvgIpc) is 2.66. The normalized spacial score (nSPS) is 27.4. The van der Waals surface area contributed by atoms with Crippen molar-refractivity contribution in [3.8, 4) is 23.7 Å². The maximum absolute atomic E-state index is 12.2. The molecule has 3 unspecified atom stereocenters. The van der Waals surface area contributed by atoms with E-state index in [-0.39, 0.29) is 0 Å². The molecular formula is C22H32O5. The van der Waals surface area contributed by atoms with E-state index in [0.29, 0.717) is 6.42 Å². The molecule has 5 heteroatoms. The minimum atomic E-state index is -1.26. The van der Waals surface area contributed by atoms with Crippen molar-refractivity contribution >= 4 is 5.97 Å². The van der Waals surface area contributed by atoms with Gasteiger partial charge in [-0.2, -0.15) is 0 Å². The third-order valence-electron chi connectivity index (χ3n) is 4.63. The predicted molar refractivity (Wildman–Crippen MR) is 104 cm³/mol. The molecule has 5 nitrogen and oxygen atoms in total. The molecule has 1 rings (SSSR count). The molecule has 0 aromatic carbocycles. The number of ether oxygens (including phenoxy) is 4. The second kappa shape index (κ2) is 11.8. The lowest BCUT2D eigenvalue weighted by molar-refractivity contribution is -0.406. The first-order valence-electron chi connectivity index (χ1n) is 9.55. The Morgan fingerprint density at radius 2 is 1.63 bits per heavy atom. The number of hydrogen-bond acceptors (Lipinski definition) is 5. The van der Waals surface area contributed by atoms with Crippen LogP contribution in [0.15, 0.2) is 12.2 Å². The number of rotatable bonds is 8. The van der Waals surface area contributed by atoms with E-state index < -0.39 is 23.6 Å². The SMILES string of the molecule is CCCC#CC=CC#CCCCCCC1OC(C)(OC)C(C)(OC)OC1=O. The Hall–Kier alpha value is -1.79. The largest absolute Gasteiger partial charge is 0.425 e. The summed E-state index contributed by atoms with van der Waals surface area (Å²) in [5.74, 6) is 9.25. The standard InChI is InChI=1S/C22H32O5/c1-6-7-8-9-10-11-12-13-14-15-16-17-18-19-20(23)27-22(3,25-5)21(2,24-4)26-19/h10-11,19H,6-7,14-18H2,1-5H3. The third-order valence-corrected chi connectivity index (χ3v) is 4.63. The zero-order valence-electron chi connectivity index (χ0n) is 17.2. The van der Waals surface area contributed by atoms with E-state index >= 15 is 0 Å². The summed E-state index contributed by atoms with van der Waals surface area (Å²) in [6.45, 7) is 5.45. The zero-order valence-corrected chi connectivity index (χ0v) is 17.2. The molecule has 0 radical (unpaired) electrons. The maximum atomic E-state index is 12.2. The predicted octanol–water partition coefficient (Wildman–Crippen LogP) is 3.97.